The van der Waals surface area contributed by atoms with Crippen LogP contribution < -0.4 is 10.5 Å². The van der Waals surface area contributed by atoms with E-state index in [1.165, 1.54) is 0 Å². The van der Waals surface area contributed by atoms with E-state index in [0.717, 1.165) is 5.75 Å². The average molecular weight is 276 g/mol. The van der Waals surface area contributed by atoms with E-state index in [2.05, 4.69) is 4.98 Å². The lowest BCUT2D eigenvalue weighted by molar-refractivity contribution is 0.318. The molecule has 1 heterocycles. The van der Waals surface area contributed by atoms with Gasteiger partial charge in [-0.15, -0.1) is 0 Å². The van der Waals surface area contributed by atoms with Crippen LogP contribution >= 0.6 is 0 Å². The Balaban J connectivity index is 1.77. The maximum absolute atomic E-state index is 12.0. The van der Waals surface area contributed by atoms with Crippen molar-refractivity contribution in [2.24, 2.45) is 0 Å². The summed E-state index contributed by atoms with van der Waals surface area (Å²) in [6, 6.07) is 13.0. The summed E-state index contributed by atoms with van der Waals surface area (Å²) in [6.07, 6.45) is 2.29. The third-order valence-electron chi connectivity index (χ3n) is 2.50. The first-order valence-corrected chi connectivity index (χ1v) is 7.36. The zero-order valence-electron chi connectivity index (χ0n) is 10.5. The monoisotopic (exact) mass is 276 g/mol. The predicted molar refractivity (Wildman–Crippen MR) is 76.5 cm³/mol. The first-order chi connectivity index (χ1) is 9.27. The van der Waals surface area contributed by atoms with Crippen LogP contribution in [0, 0.1) is 0 Å². The van der Waals surface area contributed by atoms with Gasteiger partial charge in [-0.1, -0.05) is 18.2 Å². The van der Waals surface area contributed by atoms with Crippen molar-refractivity contribution in [3.8, 4) is 5.75 Å². The second-order valence-electron chi connectivity index (χ2n) is 3.96. The number of rotatable bonds is 6. The fourth-order valence-electron chi connectivity index (χ4n) is 1.59. The van der Waals surface area contributed by atoms with Crippen LogP contribution in [-0.4, -0.2) is 21.6 Å². The van der Waals surface area contributed by atoms with Crippen LogP contribution in [0.15, 0.2) is 53.7 Å². The third-order valence-corrected chi connectivity index (χ3v) is 3.93. The van der Waals surface area contributed by atoms with E-state index < -0.39 is 10.8 Å². The number of pyridine rings is 1. The highest BCUT2D eigenvalue weighted by atomic mass is 32.2. The minimum Gasteiger partial charge on any atom is -0.494 e. The fraction of sp³-hybridized carbons (Fsp3) is 0.214. The van der Waals surface area contributed by atoms with Crippen LogP contribution in [0.4, 0.5) is 5.69 Å². The fourth-order valence-corrected chi connectivity index (χ4v) is 2.67. The van der Waals surface area contributed by atoms with Gasteiger partial charge in [0.15, 0.2) is 0 Å². The van der Waals surface area contributed by atoms with Gasteiger partial charge in [0.05, 0.1) is 23.1 Å². The molecule has 0 aliphatic carbocycles. The number of benzene rings is 1. The molecule has 0 radical (unpaired) electrons. The Morgan fingerprint density at radius 3 is 2.68 bits per heavy atom. The third kappa shape index (κ3) is 4.06. The molecule has 0 fully saturated rings. The van der Waals surface area contributed by atoms with E-state index in [-0.39, 0.29) is 0 Å². The number of para-hydroxylation sites is 1. The number of aromatic nitrogens is 1. The number of ether oxygens (including phenoxy) is 1. The molecule has 0 aliphatic rings. The molecule has 0 spiro atoms. The number of nitrogen functional groups attached to an aromatic ring is 1. The molecule has 0 saturated carbocycles. The molecule has 0 saturated heterocycles. The summed E-state index contributed by atoms with van der Waals surface area (Å²) in [5, 5.41) is 0.460. The highest BCUT2D eigenvalue weighted by Gasteiger charge is 2.08. The Kier molecular flexibility index (Phi) is 4.92. The van der Waals surface area contributed by atoms with Crippen molar-refractivity contribution in [2.75, 3.05) is 18.1 Å². The number of hydrogen-bond acceptors (Lipinski definition) is 4. The SMILES string of the molecule is Nc1cccnc1S(=O)CCCOc1ccccc1. The molecular weight excluding hydrogens is 260 g/mol. The van der Waals surface area contributed by atoms with Gasteiger partial charge in [-0.2, -0.15) is 0 Å². The van der Waals surface area contributed by atoms with Crippen LogP contribution in [0.1, 0.15) is 6.42 Å². The topological polar surface area (TPSA) is 65.2 Å². The summed E-state index contributed by atoms with van der Waals surface area (Å²) in [4.78, 5) is 4.05. The Bertz CT molecular complexity index is 546. The standard InChI is InChI=1S/C14H16N2O2S/c15-13-8-4-9-16-14(13)19(17)11-5-10-18-12-6-2-1-3-7-12/h1-4,6-9H,5,10-11,15H2. The van der Waals surface area contributed by atoms with Gasteiger partial charge in [0.2, 0.25) is 0 Å². The molecule has 1 aromatic carbocycles. The molecule has 1 aromatic heterocycles. The minimum atomic E-state index is -1.17. The Hall–Kier alpha value is -1.88. The van der Waals surface area contributed by atoms with Gasteiger partial charge in [0.1, 0.15) is 10.8 Å². The van der Waals surface area contributed by atoms with Crippen molar-refractivity contribution in [3.05, 3.63) is 48.7 Å². The summed E-state index contributed by atoms with van der Waals surface area (Å²) in [7, 11) is -1.17. The number of nitrogens with two attached hydrogens (primary N) is 1. The smallest absolute Gasteiger partial charge is 0.150 e. The molecule has 1 unspecified atom stereocenters. The van der Waals surface area contributed by atoms with Gasteiger partial charge in [-0.25, -0.2) is 4.98 Å². The molecule has 1 atom stereocenters. The maximum atomic E-state index is 12.0. The molecule has 19 heavy (non-hydrogen) atoms. The number of nitrogens with zero attached hydrogens (tertiary/aromatic N) is 1. The van der Waals surface area contributed by atoms with Crippen molar-refractivity contribution in [1.29, 1.82) is 0 Å². The van der Waals surface area contributed by atoms with E-state index in [1.807, 2.05) is 30.3 Å². The Morgan fingerprint density at radius 2 is 1.95 bits per heavy atom. The van der Waals surface area contributed by atoms with Crippen LogP contribution in [-0.2, 0) is 10.8 Å². The van der Waals surface area contributed by atoms with Gasteiger partial charge in [0.25, 0.3) is 0 Å². The second-order valence-corrected chi connectivity index (χ2v) is 5.45. The normalized spacial score (nSPS) is 12.0. The summed E-state index contributed by atoms with van der Waals surface area (Å²) < 4.78 is 17.5. The van der Waals surface area contributed by atoms with Crippen molar-refractivity contribution >= 4 is 16.5 Å². The van der Waals surface area contributed by atoms with Crippen molar-refractivity contribution in [3.63, 3.8) is 0 Å². The minimum absolute atomic E-state index is 0.460. The zero-order valence-corrected chi connectivity index (χ0v) is 11.3. The second kappa shape index (κ2) is 6.89. The predicted octanol–water partition coefficient (Wildman–Crippen LogP) is 2.24. The first-order valence-electron chi connectivity index (χ1n) is 6.04. The molecule has 2 rings (SSSR count). The van der Waals surface area contributed by atoms with E-state index in [0.29, 0.717) is 29.5 Å². The molecule has 0 aliphatic heterocycles. The summed E-state index contributed by atoms with van der Waals surface area (Å²) in [5.74, 6) is 1.32. The number of anilines is 1. The van der Waals surface area contributed by atoms with Gasteiger partial charge >= 0.3 is 0 Å². The van der Waals surface area contributed by atoms with Crippen molar-refractivity contribution in [1.82, 2.24) is 4.98 Å². The summed E-state index contributed by atoms with van der Waals surface area (Å²) >= 11 is 0. The highest BCUT2D eigenvalue weighted by Crippen LogP contribution is 2.13. The molecule has 2 aromatic rings. The summed E-state index contributed by atoms with van der Waals surface area (Å²) in [6.45, 7) is 0.530. The largest absolute Gasteiger partial charge is 0.494 e. The highest BCUT2D eigenvalue weighted by molar-refractivity contribution is 7.85. The van der Waals surface area contributed by atoms with Crippen molar-refractivity contribution in [2.45, 2.75) is 11.4 Å². The van der Waals surface area contributed by atoms with Gasteiger partial charge in [-0.3, -0.25) is 4.21 Å². The molecule has 0 amide bonds. The van der Waals surface area contributed by atoms with Gasteiger partial charge in [-0.05, 0) is 30.7 Å². The van der Waals surface area contributed by atoms with Crippen LogP contribution in [0.25, 0.3) is 0 Å². The van der Waals surface area contributed by atoms with Crippen LogP contribution in [0.2, 0.25) is 0 Å². The van der Waals surface area contributed by atoms with Crippen LogP contribution in [0.3, 0.4) is 0 Å². The molecule has 2 N–H and O–H groups in total. The lowest BCUT2D eigenvalue weighted by atomic mass is 10.3. The van der Waals surface area contributed by atoms with E-state index in [1.54, 1.807) is 18.3 Å². The maximum Gasteiger partial charge on any atom is 0.150 e. The molecule has 0 bridgehead atoms. The van der Waals surface area contributed by atoms with Gasteiger partial charge < -0.3 is 10.5 Å². The lowest BCUT2D eigenvalue weighted by Gasteiger charge is -2.06. The first kappa shape index (κ1) is 13.5. The molecule has 5 heteroatoms. The molecule has 100 valence electrons. The molecular formula is C14H16N2O2S. The summed E-state index contributed by atoms with van der Waals surface area (Å²) in [5.41, 5.74) is 6.21. The zero-order chi connectivity index (χ0) is 13.5. The number of hydrogen-bond donors (Lipinski definition) is 1. The average Bonchev–Trinajstić information content (AvgIpc) is 2.45. The quantitative estimate of drug-likeness (QED) is 0.822. The lowest BCUT2D eigenvalue weighted by Crippen LogP contribution is -2.08. The van der Waals surface area contributed by atoms with Gasteiger partial charge in [0, 0.05) is 11.9 Å². The Labute approximate surface area is 115 Å². The van der Waals surface area contributed by atoms with E-state index >= 15 is 0 Å². The van der Waals surface area contributed by atoms with Crippen LogP contribution in [0.5, 0.6) is 5.75 Å². The Morgan fingerprint density at radius 1 is 1.16 bits per heavy atom. The van der Waals surface area contributed by atoms with Crippen molar-refractivity contribution < 1.29 is 8.95 Å². The van der Waals surface area contributed by atoms with E-state index in [9.17, 15) is 4.21 Å². The van der Waals surface area contributed by atoms with E-state index in [4.69, 9.17) is 10.5 Å². The molecule has 4 nitrogen and oxygen atoms in total.